The second-order valence-corrected chi connectivity index (χ2v) is 4.45. The number of halogens is 1. The number of rotatable bonds is 6. The highest BCUT2D eigenvalue weighted by Gasteiger charge is 2.02. The number of carbonyl (C=O) groups is 1. The van der Waals surface area contributed by atoms with Gasteiger partial charge in [-0.2, -0.15) is 0 Å². The molecule has 0 atom stereocenters. The van der Waals surface area contributed by atoms with Crippen LogP contribution < -0.4 is 0 Å². The minimum absolute atomic E-state index is 0.00503. The summed E-state index contributed by atoms with van der Waals surface area (Å²) in [4.78, 5) is 13.0. The minimum atomic E-state index is -0.00503. The molecule has 0 N–H and O–H groups in total. The van der Waals surface area contributed by atoms with Crippen molar-refractivity contribution in [1.82, 2.24) is 4.90 Å². The summed E-state index contributed by atoms with van der Waals surface area (Å²) in [5.74, 6) is -0.00503. The van der Waals surface area contributed by atoms with Gasteiger partial charge in [0.25, 0.3) is 0 Å². The van der Waals surface area contributed by atoms with E-state index in [2.05, 4.69) is 13.8 Å². The number of hydrogen-bond donors (Lipinski definition) is 0. The van der Waals surface area contributed by atoms with Crippen molar-refractivity contribution in [1.29, 1.82) is 0 Å². The smallest absolute Gasteiger partial charge is 0.246 e. The number of nitrogens with zero attached hydrogens (tertiary/aromatic N) is 1. The van der Waals surface area contributed by atoms with Crippen LogP contribution in [0.15, 0.2) is 22.8 Å². The maximum Gasteiger partial charge on any atom is 0.246 e. The number of carbonyl (C=O) groups excluding carboxylic acids is 1. The zero-order chi connectivity index (χ0) is 12.6. The number of amides is 1. The molecular weight excluding hydrogens is 222 g/mol. The first-order valence-corrected chi connectivity index (χ1v) is 6.17. The lowest BCUT2D eigenvalue weighted by Gasteiger charge is -2.07. The fraction of sp³-hybridized carbons (Fsp3) is 0.615. The molecule has 0 aliphatic rings. The third-order valence-corrected chi connectivity index (χ3v) is 2.64. The van der Waals surface area contributed by atoms with E-state index >= 15 is 0 Å². The van der Waals surface area contributed by atoms with E-state index < -0.39 is 0 Å². The van der Waals surface area contributed by atoms with Crippen LogP contribution in [0.25, 0.3) is 0 Å². The maximum absolute atomic E-state index is 11.4. The van der Waals surface area contributed by atoms with Gasteiger partial charge < -0.3 is 4.90 Å². The molecule has 92 valence electrons. The monoisotopic (exact) mass is 243 g/mol. The first-order chi connectivity index (χ1) is 7.52. The molecule has 0 aromatic heterocycles. The minimum Gasteiger partial charge on any atom is -0.345 e. The second-order valence-electron chi connectivity index (χ2n) is 4.00. The molecule has 0 aliphatic carbocycles. The van der Waals surface area contributed by atoms with E-state index in [-0.39, 0.29) is 5.91 Å². The van der Waals surface area contributed by atoms with Gasteiger partial charge in [0.15, 0.2) is 0 Å². The molecule has 0 saturated heterocycles. The molecule has 0 aromatic carbocycles. The summed E-state index contributed by atoms with van der Waals surface area (Å²) in [7, 11) is 3.48. The zero-order valence-corrected chi connectivity index (χ0v) is 11.5. The van der Waals surface area contributed by atoms with Crippen LogP contribution in [0.1, 0.15) is 39.5 Å². The van der Waals surface area contributed by atoms with Crippen LogP contribution in [0.5, 0.6) is 0 Å². The van der Waals surface area contributed by atoms with Crippen molar-refractivity contribution in [3.63, 3.8) is 0 Å². The standard InChI is InChI=1S/C13H22ClNO/c1-5-7-11(12(14)8-6-2)9-10-13(16)15(3)4/h9-10H,5-8H2,1-4H3/b10-9+,12-11+. The molecule has 0 unspecified atom stereocenters. The maximum atomic E-state index is 11.4. The third kappa shape index (κ3) is 5.96. The Hall–Kier alpha value is -0.760. The normalized spacial score (nSPS) is 12.8. The van der Waals surface area contributed by atoms with Crippen molar-refractivity contribution in [2.75, 3.05) is 14.1 Å². The van der Waals surface area contributed by atoms with Crippen molar-refractivity contribution in [3.8, 4) is 0 Å². The van der Waals surface area contributed by atoms with Gasteiger partial charge in [-0.1, -0.05) is 44.4 Å². The molecule has 1 amide bonds. The van der Waals surface area contributed by atoms with E-state index in [0.29, 0.717) is 0 Å². The highest BCUT2D eigenvalue weighted by molar-refractivity contribution is 6.30. The lowest BCUT2D eigenvalue weighted by atomic mass is 10.1. The summed E-state index contributed by atoms with van der Waals surface area (Å²) in [5, 5.41) is 0.882. The van der Waals surface area contributed by atoms with E-state index in [4.69, 9.17) is 11.6 Å². The van der Waals surface area contributed by atoms with Crippen LogP contribution in [-0.2, 0) is 4.79 Å². The number of likely N-dealkylation sites (N-methyl/N-ethyl adjacent to an activating group) is 1. The van der Waals surface area contributed by atoms with Crippen molar-refractivity contribution >= 4 is 17.5 Å². The summed E-state index contributed by atoms with van der Waals surface area (Å²) < 4.78 is 0. The van der Waals surface area contributed by atoms with Gasteiger partial charge in [-0.25, -0.2) is 0 Å². The van der Waals surface area contributed by atoms with Crippen LogP contribution in [0, 0.1) is 0 Å². The van der Waals surface area contributed by atoms with Gasteiger partial charge in [-0.15, -0.1) is 0 Å². The fourth-order valence-electron chi connectivity index (χ4n) is 1.28. The van der Waals surface area contributed by atoms with Crippen molar-refractivity contribution in [2.24, 2.45) is 0 Å². The summed E-state index contributed by atoms with van der Waals surface area (Å²) in [6.07, 6.45) is 7.32. The van der Waals surface area contributed by atoms with E-state index in [1.807, 2.05) is 6.08 Å². The van der Waals surface area contributed by atoms with Crippen LogP contribution in [0.3, 0.4) is 0 Å². The summed E-state index contributed by atoms with van der Waals surface area (Å²) >= 11 is 6.19. The van der Waals surface area contributed by atoms with Gasteiger partial charge in [-0.3, -0.25) is 4.79 Å². The van der Waals surface area contributed by atoms with E-state index in [9.17, 15) is 4.79 Å². The van der Waals surface area contributed by atoms with Crippen molar-refractivity contribution < 1.29 is 4.79 Å². The lowest BCUT2D eigenvalue weighted by Crippen LogP contribution is -2.18. The molecule has 0 saturated carbocycles. The molecule has 2 nitrogen and oxygen atoms in total. The molecule has 0 aliphatic heterocycles. The Kier molecular flexibility index (Phi) is 8.00. The molecule has 0 spiro atoms. The fourth-order valence-corrected chi connectivity index (χ4v) is 1.63. The lowest BCUT2D eigenvalue weighted by molar-refractivity contribution is -0.123. The van der Waals surface area contributed by atoms with Gasteiger partial charge in [0, 0.05) is 25.2 Å². The average molecular weight is 244 g/mol. The predicted octanol–water partition coefficient (Wildman–Crippen LogP) is 3.72. The Labute approximate surface area is 104 Å². The van der Waals surface area contributed by atoms with Crippen molar-refractivity contribution in [2.45, 2.75) is 39.5 Å². The van der Waals surface area contributed by atoms with Crippen LogP contribution in [-0.4, -0.2) is 24.9 Å². The summed E-state index contributed by atoms with van der Waals surface area (Å²) in [6.45, 7) is 4.21. The number of hydrogen-bond acceptors (Lipinski definition) is 1. The third-order valence-electron chi connectivity index (χ3n) is 2.21. The van der Waals surface area contributed by atoms with Gasteiger partial charge in [0.05, 0.1) is 0 Å². The number of allylic oxidation sites excluding steroid dienone is 3. The van der Waals surface area contributed by atoms with Crippen LogP contribution >= 0.6 is 11.6 Å². The topological polar surface area (TPSA) is 20.3 Å². The molecule has 0 radical (unpaired) electrons. The highest BCUT2D eigenvalue weighted by atomic mass is 35.5. The summed E-state index contributed by atoms with van der Waals surface area (Å²) in [5.41, 5.74) is 1.08. The quantitative estimate of drug-likeness (QED) is 0.514. The van der Waals surface area contributed by atoms with E-state index in [1.165, 1.54) is 0 Å². The Morgan fingerprint density at radius 1 is 1.12 bits per heavy atom. The molecule has 3 heteroatoms. The van der Waals surface area contributed by atoms with Gasteiger partial charge >= 0.3 is 0 Å². The Balaban J connectivity index is 4.68. The van der Waals surface area contributed by atoms with Crippen molar-refractivity contribution in [3.05, 3.63) is 22.8 Å². The SMILES string of the molecule is CCC/C(Cl)=C(\C=C\C(=O)N(C)C)CCC. The molecule has 0 aromatic rings. The first kappa shape index (κ1) is 15.2. The molecule has 0 bridgehead atoms. The Bertz CT molecular complexity index is 280. The van der Waals surface area contributed by atoms with Gasteiger partial charge in [-0.05, 0) is 18.4 Å². The van der Waals surface area contributed by atoms with Gasteiger partial charge in [0.1, 0.15) is 0 Å². The Morgan fingerprint density at radius 3 is 2.12 bits per heavy atom. The molecule has 16 heavy (non-hydrogen) atoms. The van der Waals surface area contributed by atoms with E-state index in [1.54, 1.807) is 25.1 Å². The first-order valence-electron chi connectivity index (χ1n) is 5.79. The van der Waals surface area contributed by atoms with Crippen LogP contribution in [0.4, 0.5) is 0 Å². The zero-order valence-electron chi connectivity index (χ0n) is 10.7. The predicted molar refractivity (Wildman–Crippen MR) is 70.5 cm³/mol. The second kappa shape index (κ2) is 8.40. The average Bonchev–Trinajstić information content (AvgIpc) is 2.23. The van der Waals surface area contributed by atoms with Gasteiger partial charge in [0.2, 0.25) is 5.91 Å². The van der Waals surface area contributed by atoms with Crippen LogP contribution in [0.2, 0.25) is 0 Å². The molecule has 0 rings (SSSR count). The molecule has 0 fully saturated rings. The summed E-state index contributed by atoms with van der Waals surface area (Å²) in [6, 6.07) is 0. The Morgan fingerprint density at radius 2 is 1.69 bits per heavy atom. The van der Waals surface area contributed by atoms with E-state index in [0.717, 1.165) is 36.3 Å². The molecular formula is C13H22ClNO. The largest absolute Gasteiger partial charge is 0.345 e. The molecule has 0 heterocycles. The highest BCUT2D eigenvalue weighted by Crippen LogP contribution is 2.20.